The first-order chi connectivity index (χ1) is 9.66. The van der Waals surface area contributed by atoms with Gasteiger partial charge in [0.2, 0.25) is 0 Å². The van der Waals surface area contributed by atoms with Crippen LogP contribution in [-0.4, -0.2) is 4.98 Å². The molecule has 1 aliphatic rings. The summed E-state index contributed by atoms with van der Waals surface area (Å²) in [6.07, 6.45) is 5.14. The zero-order chi connectivity index (χ0) is 14.1. The number of hydrogen-bond donors (Lipinski definition) is 1. The fraction of sp³-hybridized carbons (Fsp3) is 0.267. The number of nitrogens with zero attached hydrogens (tertiary/aromatic N) is 1. The third-order valence-electron chi connectivity index (χ3n) is 3.56. The summed E-state index contributed by atoms with van der Waals surface area (Å²) in [6.45, 7) is 0. The molecule has 1 N–H and O–H groups in total. The van der Waals surface area contributed by atoms with Gasteiger partial charge >= 0.3 is 0 Å². The molecule has 2 nitrogen and oxygen atoms in total. The number of benzene rings is 1. The molecule has 1 aromatic heterocycles. The van der Waals surface area contributed by atoms with Gasteiger partial charge in [-0.15, -0.1) is 0 Å². The summed E-state index contributed by atoms with van der Waals surface area (Å²) in [6, 6.07) is 8.17. The minimum absolute atomic E-state index is 0.190. The first-order valence-electron chi connectivity index (χ1n) is 6.50. The lowest BCUT2D eigenvalue weighted by Gasteiger charge is -2.26. The highest BCUT2D eigenvalue weighted by atomic mass is 79.9. The molecule has 0 spiro atoms. The van der Waals surface area contributed by atoms with E-state index >= 15 is 0 Å². The predicted molar refractivity (Wildman–Crippen MR) is 87.7 cm³/mol. The van der Waals surface area contributed by atoms with Crippen molar-refractivity contribution >= 4 is 44.8 Å². The zero-order valence-corrected chi connectivity index (χ0v) is 13.8. The van der Waals surface area contributed by atoms with Gasteiger partial charge in [-0.1, -0.05) is 29.3 Å². The van der Waals surface area contributed by atoms with E-state index in [1.54, 1.807) is 0 Å². The highest BCUT2D eigenvalue weighted by Gasteiger charge is 2.22. The lowest BCUT2D eigenvalue weighted by molar-refractivity contribution is 0.583. The first-order valence-corrected chi connectivity index (χ1v) is 8.05. The van der Waals surface area contributed by atoms with Gasteiger partial charge in [0.05, 0.1) is 27.5 Å². The molecular formula is C15H13BrCl2N2. The number of rotatable bonds is 2. The molecule has 1 aromatic carbocycles. The van der Waals surface area contributed by atoms with Crippen molar-refractivity contribution in [2.45, 2.75) is 25.3 Å². The van der Waals surface area contributed by atoms with Crippen LogP contribution in [0.2, 0.25) is 10.0 Å². The summed E-state index contributed by atoms with van der Waals surface area (Å²) in [4.78, 5) is 4.52. The third kappa shape index (κ3) is 2.67. The van der Waals surface area contributed by atoms with E-state index in [4.69, 9.17) is 23.2 Å². The van der Waals surface area contributed by atoms with Crippen LogP contribution in [0.15, 0.2) is 34.9 Å². The van der Waals surface area contributed by atoms with E-state index in [1.165, 1.54) is 5.56 Å². The van der Waals surface area contributed by atoms with Crippen LogP contribution in [0.25, 0.3) is 0 Å². The Hall–Kier alpha value is -0.770. The SMILES string of the molecule is Clc1c(Br)ccc(NC2CCCc3cccnc32)c1Cl. The number of anilines is 1. The Labute approximate surface area is 136 Å². The summed E-state index contributed by atoms with van der Waals surface area (Å²) in [5, 5.41) is 4.55. The molecule has 5 heteroatoms. The Bertz CT molecular complexity index is 646. The molecule has 0 aliphatic heterocycles. The molecule has 2 aromatic rings. The average Bonchev–Trinajstić information content (AvgIpc) is 2.48. The molecule has 1 aliphatic carbocycles. The molecule has 0 amide bonds. The van der Waals surface area contributed by atoms with Crippen molar-refractivity contribution in [3.05, 3.63) is 56.2 Å². The summed E-state index contributed by atoms with van der Waals surface area (Å²) in [5.41, 5.74) is 3.29. The van der Waals surface area contributed by atoms with Crippen LogP contribution in [-0.2, 0) is 6.42 Å². The largest absolute Gasteiger partial charge is 0.375 e. The monoisotopic (exact) mass is 370 g/mol. The second kappa shape index (κ2) is 5.92. The van der Waals surface area contributed by atoms with Crippen molar-refractivity contribution in [3.8, 4) is 0 Å². The van der Waals surface area contributed by atoms with Crippen molar-refractivity contribution < 1.29 is 0 Å². The normalized spacial score (nSPS) is 17.6. The third-order valence-corrected chi connectivity index (χ3v) is 5.33. The minimum atomic E-state index is 0.190. The topological polar surface area (TPSA) is 24.9 Å². The van der Waals surface area contributed by atoms with Crippen LogP contribution >= 0.6 is 39.1 Å². The summed E-state index contributed by atoms with van der Waals surface area (Å²) in [5.74, 6) is 0. The van der Waals surface area contributed by atoms with E-state index in [1.807, 2.05) is 24.4 Å². The van der Waals surface area contributed by atoms with Gasteiger partial charge in [-0.05, 0) is 59.0 Å². The molecule has 0 bridgehead atoms. The minimum Gasteiger partial charge on any atom is -0.375 e. The van der Waals surface area contributed by atoms with Crippen molar-refractivity contribution in [2.75, 3.05) is 5.32 Å². The number of pyridine rings is 1. The van der Waals surface area contributed by atoms with Crippen molar-refractivity contribution in [1.29, 1.82) is 0 Å². The smallest absolute Gasteiger partial charge is 0.0835 e. The zero-order valence-electron chi connectivity index (χ0n) is 10.7. The standard InChI is InChI=1S/C15H13BrCl2N2/c16-10-6-7-11(14(18)13(10)17)20-12-5-1-3-9-4-2-8-19-15(9)12/h2,4,6-8,12,20H,1,3,5H2. The maximum Gasteiger partial charge on any atom is 0.0835 e. The molecule has 104 valence electrons. The molecule has 1 unspecified atom stereocenters. The van der Waals surface area contributed by atoms with Gasteiger partial charge in [0, 0.05) is 10.7 Å². The van der Waals surface area contributed by atoms with Gasteiger partial charge in [0.15, 0.2) is 0 Å². The molecule has 0 fully saturated rings. The number of aryl methyl sites for hydroxylation is 1. The Kier molecular flexibility index (Phi) is 4.20. The highest BCUT2D eigenvalue weighted by Crippen LogP contribution is 2.39. The molecule has 0 saturated carbocycles. The van der Waals surface area contributed by atoms with E-state index < -0.39 is 0 Å². The summed E-state index contributed by atoms with van der Waals surface area (Å²) in [7, 11) is 0. The van der Waals surface area contributed by atoms with Crippen LogP contribution < -0.4 is 5.32 Å². The van der Waals surface area contributed by atoms with Gasteiger partial charge in [-0.25, -0.2) is 0 Å². The van der Waals surface area contributed by atoms with Gasteiger partial charge in [0.1, 0.15) is 0 Å². The lowest BCUT2D eigenvalue weighted by atomic mass is 9.92. The lowest BCUT2D eigenvalue weighted by Crippen LogP contribution is -2.19. The molecule has 0 saturated heterocycles. The van der Waals surface area contributed by atoms with Crippen LogP contribution in [0.1, 0.15) is 30.1 Å². The fourth-order valence-electron chi connectivity index (χ4n) is 2.57. The summed E-state index contributed by atoms with van der Waals surface area (Å²) < 4.78 is 0.803. The maximum atomic E-state index is 6.30. The molecule has 0 radical (unpaired) electrons. The Morgan fingerprint density at radius 2 is 2.05 bits per heavy atom. The Morgan fingerprint density at radius 3 is 2.90 bits per heavy atom. The van der Waals surface area contributed by atoms with Crippen molar-refractivity contribution in [1.82, 2.24) is 4.98 Å². The molecular weight excluding hydrogens is 359 g/mol. The quantitative estimate of drug-likeness (QED) is 0.691. The van der Waals surface area contributed by atoms with Crippen LogP contribution in [0.5, 0.6) is 0 Å². The molecule has 20 heavy (non-hydrogen) atoms. The van der Waals surface area contributed by atoms with E-state index in [0.29, 0.717) is 10.0 Å². The van der Waals surface area contributed by atoms with Crippen molar-refractivity contribution in [3.63, 3.8) is 0 Å². The molecule has 1 atom stereocenters. The molecule has 3 rings (SSSR count). The number of nitrogens with one attached hydrogen (secondary N) is 1. The number of aromatic nitrogens is 1. The second-order valence-electron chi connectivity index (χ2n) is 4.86. The maximum absolute atomic E-state index is 6.30. The van der Waals surface area contributed by atoms with Crippen molar-refractivity contribution in [2.24, 2.45) is 0 Å². The van der Waals surface area contributed by atoms with Gasteiger partial charge in [-0.2, -0.15) is 0 Å². The predicted octanol–water partition coefficient (Wildman–Crippen LogP) is 5.64. The van der Waals surface area contributed by atoms with Crippen LogP contribution in [0, 0.1) is 0 Å². The van der Waals surface area contributed by atoms with E-state index in [9.17, 15) is 0 Å². The van der Waals surface area contributed by atoms with Gasteiger partial charge < -0.3 is 5.32 Å². The highest BCUT2D eigenvalue weighted by molar-refractivity contribution is 9.10. The van der Waals surface area contributed by atoms with E-state index in [2.05, 4.69) is 32.3 Å². The number of fused-ring (bicyclic) bond motifs is 1. The van der Waals surface area contributed by atoms with Gasteiger partial charge in [-0.3, -0.25) is 4.98 Å². The fourth-order valence-corrected chi connectivity index (χ4v) is 3.40. The van der Waals surface area contributed by atoms with Crippen LogP contribution in [0.4, 0.5) is 5.69 Å². The first kappa shape index (κ1) is 14.2. The average molecular weight is 372 g/mol. The summed E-state index contributed by atoms with van der Waals surface area (Å²) >= 11 is 15.8. The molecule has 1 heterocycles. The number of hydrogen-bond acceptors (Lipinski definition) is 2. The Balaban J connectivity index is 1.92. The van der Waals surface area contributed by atoms with Gasteiger partial charge in [0.25, 0.3) is 0 Å². The van der Waals surface area contributed by atoms with E-state index in [0.717, 1.165) is 35.1 Å². The van der Waals surface area contributed by atoms with Crippen LogP contribution in [0.3, 0.4) is 0 Å². The Morgan fingerprint density at radius 1 is 1.20 bits per heavy atom. The second-order valence-corrected chi connectivity index (χ2v) is 6.47. The van der Waals surface area contributed by atoms with E-state index in [-0.39, 0.29) is 6.04 Å². The number of halogens is 3.